The zero-order chi connectivity index (χ0) is 14.7. The summed E-state index contributed by atoms with van der Waals surface area (Å²) in [6.07, 6.45) is 2.10. The van der Waals surface area contributed by atoms with Crippen LogP contribution >= 0.6 is 23.1 Å². The predicted octanol–water partition coefficient (Wildman–Crippen LogP) is 5.81. The largest absolute Gasteiger partial charge is 0.497 e. The average Bonchev–Trinajstić information content (AvgIpc) is 3.04. The van der Waals surface area contributed by atoms with Gasteiger partial charge >= 0.3 is 0 Å². The molecule has 0 aliphatic carbocycles. The highest BCUT2D eigenvalue weighted by atomic mass is 32.2. The summed E-state index contributed by atoms with van der Waals surface area (Å²) in [4.78, 5) is 2.61. The SMILES string of the molecule is COc1ccc(-c2ccsc2-c2ccc(SC)cc2)cc1. The van der Waals surface area contributed by atoms with Crippen molar-refractivity contribution in [3.8, 4) is 27.3 Å². The van der Waals surface area contributed by atoms with Crippen LogP contribution in [0.2, 0.25) is 0 Å². The monoisotopic (exact) mass is 312 g/mol. The van der Waals surface area contributed by atoms with E-state index >= 15 is 0 Å². The molecule has 106 valence electrons. The zero-order valence-electron chi connectivity index (χ0n) is 12.0. The lowest BCUT2D eigenvalue weighted by molar-refractivity contribution is 0.415. The lowest BCUT2D eigenvalue weighted by Crippen LogP contribution is -1.83. The third-order valence-corrected chi connectivity index (χ3v) is 5.13. The molecule has 0 N–H and O–H groups in total. The molecular formula is C18H16OS2. The van der Waals surface area contributed by atoms with Crippen molar-refractivity contribution >= 4 is 23.1 Å². The molecular weight excluding hydrogens is 296 g/mol. The topological polar surface area (TPSA) is 9.23 Å². The molecule has 1 aromatic heterocycles. The van der Waals surface area contributed by atoms with E-state index in [1.54, 1.807) is 30.2 Å². The summed E-state index contributed by atoms with van der Waals surface area (Å²) in [5.41, 5.74) is 3.77. The van der Waals surface area contributed by atoms with Gasteiger partial charge in [-0.15, -0.1) is 23.1 Å². The third kappa shape index (κ3) is 2.99. The second-order valence-corrected chi connectivity index (χ2v) is 6.42. The molecule has 3 rings (SSSR count). The van der Waals surface area contributed by atoms with Gasteiger partial charge in [0.25, 0.3) is 0 Å². The molecule has 0 radical (unpaired) electrons. The normalized spacial score (nSPS) is 10.6. The molecule has 0 atom stereocenters. The third-order valence-electron chi connectivity index (χ3n) is 3.42. The highest BCUT2D eigenvalue weighted by molar-refractivity contribution is 7.98. The lowest BCUT2D eigenvalue weighted by atomic mass is 10.0. The number of hydrogen-bond donors (Lipinski definition) is 0. The van der Waals surface area contributed by atoms with Gasteiger partial charge in [-0.25, -0.2) is 0 Å². The summed E-state index contributed by atoms with van der Waals surface area (Å²) in [5, 5.41) is 2.15. The maximum absolute atomic E-state index is 5.23. The zero-order valence-corrected chi connectivity index (χ0v) is 13.6. The van der Waals surface area contributed by atoms with E-state index in [4.69, 9.17) is 4.74 Å². The van der Waals surface area contributed by atoms with E-state index in [9.17, 15) is 0 Å². The molecule has 0 spiro atoms. The summed E-state index contributed by atoms with van der Waals surface area (Å²) >= 11 is 3.55. The smallest absolute Gasteiger partial charge is 0.118 e. The van der Waals surface area contributed by atoms with Gasteiger partial charge in [0, 0.05) is 15.3 Å². The number of methoxy groups -OCH3 is 1. The number of hydrogen-bond acceptors (Lipinski definition) is 3. The minimum Gasteiger partial charge on any atom is -0.497 e. The summed E-state index contributed by atoms with van der Waals surface area (Å²) in [6, 6.07) is 19.2. The van der Waals surface area contributed by atoms with E-state index in [1.165, 1.54) is 26.5 Å². The summed E-state index contributed by atoms with van der Waals surface area (Å²) in [5.74, 6) is 0.889. The first-order valence-electron chi connectivity index (χ1n) is 6.68. The van der Waals surface area contributed by atoms with Crippen LogP contribution in [0.25, 0.3) is 21.6 Å². The number of ether oxygens (including phenoxy) is 1. The van der Waals surface area contributed by atoms with Crippen molar-refractivity contribution in [1.29, 1.82) is 0 Å². The number of thiophene rings is 1. The molecule has 0 fully saturated rings. The van der Waals surface area contributed by atoms with Crippen molar-refractivity contribution < 1.29 is 4.74 Å². The second-order valence-electron chi connectivity index (χ2n) is 4.62. The van der Waals surface area contributed by atoms with Gasteiger partial charge in [-0.3, -0.25) is 0 Å². The van der Waals surface area contributed by atoms with Gasteiger partial charge in [0.2, 0.25) is 0 Å². The molecule has 0 aliphatic heterocycles. The fourth-order valence-corrected chi connectivity index (χ4v) is 3.61. The Labute approximate surface area is 133 Å². The Morgan fingerprint density at radius 1 is 0.857 bits per heavy atom. The van der Waals surface area contributed by atoms with E-state index in [2.05, 4.69) is 54.1 Å². The van der Waals surface area contributed by atoms with Crippen LogP contribution in [0, 0.1) is 0 Å². The Bertz CT molecular complexity index is 650. The molecule has 0 saturated heterocycles. The quantitative estimate of drug-likeness (QED) is 0.562. The van der Waals surface area contributed by atoms with Crippen molar-refractivity contribution in [2.75, 3.05) is 13.4 Å². The Morgan fingerprint density at radius 3 is 2.14 bits per heavy atom. The van der Waals surface area contributed by atoms with Gasteiger partial charge in [0.1, 0.15) is 5.75 Å². The standard InChI is InChI=1S/C18H16OS2/c1-19-15-7-3-13(4-8-15)17-11-12-21-18(17)14-5-9-16(20-2)10-6-14/h3-12H,1-2H3. The minimum atomic E-state index is 0.889. The lowest BCUT2D eigenvalue weighted by Gasteiger charge is -2.06. The van der Waals surface area contributed by atoms with Crippen LogP contribution in [0.15, 0.2) is 64.9 Å². The van der Waals surface area contributed by atoms with Crippen LogP contribution in [0.1, 0.15) is 0 Å². The van der Waals surface area contributed by atoms with E-state index in [0.717, 1.165) is 5.75 Å². The number of benzene rings is 2. The first-order valence-corrected chi connectivity index (χ1v) is 8.78. The van der Waals surface area contributed by atoms with Crippen LogP contribution in [0.4, 0.5) is 0 Å². The highest BCUT2D eigenvalue weighted by Gasteiger charge is 2.09. The predicted molar refractivity (Wildman–Crippen MR) is 93.5 cm³/mol. The van der Waals surface area contributed by atoms with Crippen molar-refractivity contribution in [3.05, 3.63) is 60.0 Å². The number of thioether (sulfide) groups is 1. The first kappa shape index (κ1) is 14.2. The molecule has 1 heterocycles. The van der Waals surface area contributed by atoms with E-state index in [1.807, 2.05) is 12.1 Å². The van der Waals surface area contributed by atoms with Crippen molar-refractivity contribution in [2.45, 2.75) is 4.90 Å². The molecule has 21 heavy (non-hydrogen) atoms. The van der Waals surface area contributed by atoms with Gasteiger partial charge in [0.05, 0.1) is 7.11 Å². The molecule has 2 aromatic carbocycles. The van der Waals surface area contributed by atoms with Crippen molar-refractivity contribution in [3.63, 3.8) is 0 Å². The molecule has 0 aliphatic rings. The van der Waals surface area contributed by atoms with Crippen molar-refractivity contribution in [1.82, 2.24) is 0 Å². The molecule has 0 saturated carbocycles. The maximum Gasteiger partial charge on any atom is 0.118 e. The molecule has 0 unspecified atom stereocenters. The molecule has 3 heteroatoms. The Kier molecular flexibility index (Phi) is 4.32. The number of rotatable bonds is 4. The highest BCUT2D eigenvalue weighted by Crippen LogP contribution is 2.37. The van der Waals surface area contributed by atoms with E-state index in [-0.39, 0.29) is 0 Å². The fourth-order valence-electron chi connectivity index (χ4n) is 2.27. The van der Waals surface area contributed by atoms with Gasteiger partial charge in [0.15, 0.2) is 0 Å². The van der Waals surface area contributed by atoms with Crippen molar-refractivity contribution in [2.24, 2.45) is 0 Å². The minimum absolute atomic E-state index is 0.889. The van der Waals surface area contributed by atoms with Gasteiger partial charge < -0.3 is 4.74 Å². The Morgan fingerprint density at radius 2 is 1.52 bits per heavy atom. The fraction of sp³-hybridized carbons (Fsp3) is 0.111. The molecule has 0 amide bonds. The summed E-state index contributed by atoms with van der Waals surface area (Å²) in [6.45, 7) is 0. The van der Waals surface area contributed by atoms with Crippen LogP contribution in [0.3, 0.4) is 0 Å². The molecule has 1 nitrogen and oxygen atoms in total. The Balaban J connectivity index is 1.99. The van der Waals surface area contributed by atoms with Crippen LogP contribution in [-0.2, 0) is 0 Å². The summed E-state index contributed by atoms with van der Waals surface area (Å²) < 4.78 is 5.23. The molecule has 0 bridgehead atoms. The van der Waals surface area contributed by atoms with E-state index < -0.39 is 0 Å². The van der Waals surface area contributed by atoms with Gasteiger partial charge in [-0.05, 0) is 53.1 Å². The average molecular weight is 312 g/mol. The maximum atomic E-state index is 5.23. The van der Waals surface area contributed by atoms with Crippen LogP contribution in [-0.4, -0.2) is 13.4 Å². The van der Waals surface area contributed by atoms with E-state index in [0.29, 0.717) is 0 Å². The summed E-state index contributed by atoms with van der Waals surface area (Å²) in [7, 11) is 1.69. The van der Waals surface area contributed by atoms with Gasteiger partial charge in [-0.1, -0.05) is 24.3 Å². The first-order chi connectivity index (χ1) is 10.3. The molecule has 3 aromatic rings. The van der Waals surface area contributed by atoms with Crippen LogP contribution in [0.5, 0.6) is 5.75 Å². The van der Waals surface area contributed by atoms with Gasteiger partial charge in [-0.2, -0.15) is 0 Å². The van der Waals surface area contributed by atoms with Crippen LogP contribution < -0.4 is 4.74 Å². The second kappa shape index (κ2) is 6.37. The Hall–Kier alpha value is -1.71.